The number of benzene rings is 1. The van der Waals surface area contributed by atoms with Gasteiger partial charge in [-0.2, -0.15) is 0 Å². The topological polar surface area (TPSA) is 141 Å². The third-order valence-corrected chi connectivity index (χ3v) is 5.40. The van der Waals surface area contributed by atoms with Crippen LogP contribution in [-0.2, 0) is 35.0 Å². The first-order valence-electron chi connectivity index (χ1n) is 13.5. The van der Waals surface area contributed by atoms with Crippen molar-refractivity contribution in [2.75, 3.05) is 26.9 Å². The van der Waals surface area contributed by atoms with Crippen molar-refractivity contribution in [3.05, 3.63) is 55.1 Å². The summed E-state index contributed by atoms with van der Waals surface area (Å²) in [6.07, 6.45) is 2.75. The second kappa shape index (κ2) is 17.8. The highest BCUT2D eigenvalue weighted by molar-refractivity contribution is 5.93. The quantitative estimate of drug-likeness (QED) is 0.146. The largest absolute Gasteiger partial charge is 0.490 e. The van der Waals surface area contributed by atoms with Gasteiger partial charge in [-0.1, -0.05) is 44.7 Å². The zero-order valence-corrected chi connectivity index (χ0v) is 25.0. The average Bonchev–Trinajstić information content (AvgIpc) is 2.89. The summed E-state index contributed by atoms with van der Waals surface area (Å²) < 4.78 is 21.0. The Labute approximate surface area is 243 Å². The Balaban J connectivity index is 3.16. The van der Waals surface area contributed by atoms with E-state index in [-0.39, 0.29) is 32.0 Å². The summed E-state index contributed by atoms with van der Waals surface area (Å²) in [6.45, 7) is 16.5. The molecule has 0 spiro atoms. The average molecular weight is 576 g/mol. The number of carbonyl (C=O) groups excluding carboxylic acids is 4. The van der Waals surface area contributed by atoms with E-state index in [0.29, 0.717) is 12.4 Å². The van der Waals surface area contributed by atoms with Gasteiger partial charge in [0.25, 0.3) is 0 Å². The van der Waals surface area contributed by atoms with Crippen LogP contribution in [0.2, 0.25) is 0 Å². The number of amides is 3. The van der Waals surface area contributed by atoms with Crippen LogP contribution in [0.5, 0.6) is 5.75 Å². The summed E-state index contributed by atoms with van der Waals surface area (Å²) >= 11 is 0. The lowest BCUT2D eigenvalue weighted by Gasteiger charge is -2.27. The number of hydrogen-bond acceptors (Lipinski definition) is 8. The van der Waals surface area contributed by atoms with Crippen LogP contribution in [0.4, 0.5) is 4.79 Å². The molecule has 41 heavy (non-hydrogen) atoms. The Bertz CT molecular complexity index is 1020. The molecule has 0 aromatic heterocycles. The predicted octanol–water partition coefficient (Wildman–Crippen LogP) is 3.08. The summed E-state index contributed by atoms with van der Waals surface area (Å²) in [6, 6.07) is 3.88. The second-order valence-electron chi connectivity index (χ2n) is 10.7. The molecule has 1 rings (SSSR count). The molecule has 0 unspecified atom stereocenters. The second-order valence-corrected chi connectivity index (χ2v) is 10.7. The first-order chi connectivity index (χ1) is 19.3. The Hall–Kier alpha value is -3.86. The van der Waals surface area contributed by atoms with E-state index in [1.165, 1.54) is 13.2 Å². The lowest BCUT2D eigenvalue weighted by Crippen LogP contribution is -2.57. The molecule has 0 saturated carbocycles. The number of alkyl carbamates (subject to hydrolysis) is 1. The molecule has 0 aliphatic heterocycles. The summed E-state index contributed by atoms with van der Waals surface area (Å²) in [4.78, 5) is 51.6. The van der Waals surface area contributed by atoms with Gasteiger partial charge in [-0.3, -0.25) is 9.59 Å². The first-order valence-corrected chi connectivity index (χ1v) is 13.5. The van der Waals surface area contributed by atoms with Gasteiger partial charge in [-0.15, -0.1) is 6.58 Å². The van der Waals surface area contributed by atoms with E-state index in [2.05, 4.69) is 29.1 Å². The number of rotatable bonds is 17. The zero-order chi connectivity index (χ0) is 31.0. The standard InChI is InChI=1S/C30H45N3O8/c1-9-15-39-19-25(28(36)38-8)32-26(34)23(17-20(3)4)31-27(35)24(33-29(37)41-30(5,6)7)18-21-11-13-22(14-12-21)40-16-10-2/h9-14,20,23-25H,1-2,15-19H2,3-8H3,(H,31,35)(H,32,34)(H,33,37)/t23-,24-,25-/m0/s1. The molecule has 11 heteroatoms. The molecular weight excluding hydrogens is 530 g/mol. The van der Waals surface area contributed by atoms with Gasteiger partial charge in [0, 0.05) is 6.42 Å². The van der Waals surface area contributed by atoms with E-state index in [4.69, 9.17) is 18.9 Å². The fourth-order valence-electron chi connectivity index (χ4n) is 3.60. The van der Waals surface area contributed by atoms with Crippen molar-refractivity contribution >= 4 is 23.9 Å². The van der Waals surface area contributed by atoms with Crippen molar-refractivity contribution in [3.63, 3.8) is 0 Å². The molecular formula is C30H45N3O8. The highest BCUT2D eigenvalue weighted by Gasteiger charge is 2.31. The van der Waals surface area contributed by atoms with Crippen molar-refractivity contribution in [2.24, 2.45) is 5.92 Å². The minimum Gasteiger partial charge on any atom is -0.490 e. The van der Waals surface area contributed by atoms with Crippen molar-refractivity contribution < 1.29 is 38.1 Å². The molecule has 3 N–H and O–H groups in total. The van der Waals surface area contributed by atoms with Crippen LogP contribution in [0.3, 0.4) is 0 Å². The Morgan fingerprint density at radius 1 is 0.878 bits per heavy atom. The Morgan fingerprint density at radius 2 is 1.46 bits per heavy atom. The monoisotopic (exact) mass is 575 g/mol. The Morgan fingerprint density at radius 3 is 2.00 bits per heavy atom. The third-order valence-electron chi connectivity index (χ3n) is 5.40. The smallest absolute Gasteiger partial charge is 0.408 e. The van der Waals surface area contributed by atoms with E-state index in [1.807, 2.05) is 13.8 Å². The third kappa shape index (κ3) is 14.4. The van der Waals surface area contributed by atoms with E-state index in [0.717, 1.165) is 5.56 Å². The molecule has 0 heterocycles. The summed E-state index contributed by atoms with van der Waals surface area (Å²) in [7, 11) is 1.20. The molecule has 1 aromatic carbocycles. The minimum atomic E-state index is -1.09. The zero-order valence-electron chi connectivity index (χ0n) is 25.0. The molecule has 11 nitrogen and oxygen atoms in total. The van der Waals surface area contributed by atoms with Crippen LogP contribution in [0, 0.1) is 5.92 Å². The predicted molar refractivity (Wildman–Crippen MR) is 155 cm³/mol. The maximum absolute atomic E-state index is 13.5. The van der Waals surface area contributed by atoms with Gasteiger partial charge in [-0.05, 0) is 50.8 Å². The van der Waals surface area contributed by atoms with E-state index in [9.17, 15) is 19.2 Å². The molecule has 0 fully saturated rings. The molecule has 228 valence electrons. The molecule has 3 atom stereocenters. The lowest BCUT2D eigenvalue weighted by atomic mass is 10.0. The lowest BCUT2D eigenvalue weighted by molar-refractivity contribution is -0.147. The maximum atomic E-state index is 13.5. The Kier molecular flexibility index (Phi) is 15.2. The highest BCUT2D eigenvalue weighted by atomic mass is 16.6. The van der Waals surface area contributed by atoms with Crippen LogP contribution in [0.1, 0.15) is 46.6 Å². The van der Waals surface area contributed by atoms with Crippen molar-refractivity contribution in [1.82, 2.24) is 16.0 Å². The SMILES string of the molecule is C=CCOC[C@H](NC(=O)[C@H](CC(C)C)NC(=O)[C@H](Cc1ccc(OCC=C)cc1)NC(=O)OC(C)(C)C)C(=O)OC. The van der Waals surface area contributed by atoms with Crippen LogP contribution >= 0.6 is 0 Å². The number of ether oxygens (including phenoxy) is 4. The molecule has 3 amide bonds. The van der Waals surface area contributed by atoms with Gasteiger partial charge >= 0.3 is 12.1 Å². The van der Waals surface area contributed by atoms with Crippen molar-refractivity contribution in [2.45, 2.75) is 71.2 Å². The van der Waals surface area contributed by atoms with E-state index in [1.54, 1.807) is 51.1 Å². The molecule has 0 radical (unpaired) electrons. The molecule has 1 aromatic rings. The van der Waals surface area contributed by atoms with Crippen LogP contribution < -0.4 is 20.7 Å². The van der Waals surface area contributed by atoms with Gasteiger partial charge in [0.15, 0.2) is 6.04 Å². The summed E-state index contributed by atoms with van der Waals surface area (Å²) in [5.74, 6) is -1.24. The summed E-state index contributed by atoms with van der Waals surface area (Å²) in [5.41, 5.74) is -0.0477. The summed E-state index contributed by atoms with van der Waals surface area (Å²) in [5, 5.41) is 7.96. The number of carbonyl (C=O) groups is 4. The van der Waals surface area contributed by atoms with E-state index < -0.39 is 47.6 Å². The maximum Gasteiger partial charge on any atom is 0.408 e. The van der Waals surface area contributed by atoms with Gasteiger partial charge in [-0.25, -0.2) is 9.59 Å². The number of esters is 1. The molecule has 0 aliphatic carbocycles. The fourth-order valence-corrected chi connectivity index (χ4v) is 3.60. The van der Waals surface area contributed by atoms with Gasteiger partial charge in [0.05, 0.1) is 20.3 Å². The number of hydrogen-bond donors (Lipinski definition) is 3. The van der Waals surface area contributed by atoms with E-state index >= 15 is 0 Å². The van der Waals surface area contributed by atoms with Gasteiger partial charge < -0.3 is 34.9 Å². The molecule has 0 saturated heterocycles. The normalized spacial score (nSPS) is 13.2. The van der Waals surface area contributed by atoms with Crippen LogP contribution in [0.15, 0.2) is 49.6 Å². The fraction of sp³-hybridized carbons (Fsp3) is 0.533. The van der Waals surface area contributed by atoms with Crippen molar-refractivity contribution in [3.8, 4) is 5.75 Å². The molecule has 0 bridgehead atoms. The van der Waals surface area contributed by atoms with Crippen LogP contribution in [0.25, 0.3) is 0 Å². The van der Waals surface area contributed by atoms with Crippen molar-refractivity contribution in [1.29, 1.82) is 0 Å². The van der Waals surface area contributed by atoms with Gasteiger partial charge in [0.2, 0.25) is 11.8 Å². The van der Waals surface area contributed by atoms with Gasteiger partial charge in [0.1, 0.15) is 30.0 Å². The number of nitrogens with one attached hydrogen (secondary N) is 3. The minimum absolute atomic E-state index is 0.0139. The van der Waals surface area contributed by atoms with Crippen LogP contribution in [-0.4, -0.2) is 74.5 Å². The molecule has 0 aliphatic rings. The number of methoxy groups -OCH3 is 1. The highest BCUT2D eigenvalue weighted by Crippen LogP contribution is 2.15. The first kappa shape index (κ1) is 35.2.